The van der Waals surface area contributed by atoms with E-state index < -0.39 is 65.0 Å². The maximum atomic E-state index is 13.9. The van der Waals surface area contributed by atoms with Crippen molar-refractivity contribution in [3.8, 4) is 0 Å². The highest BCUT2D eigenvalue weighted by atomic mass is 19.4. The van der Waals surface area contributed by atoms with E-state index in [9.17, 15) is 36.2 Å². The zero-order valence-electron chi connectivity index (χ0n) is 26.2. The quantitative estimate of drug-likeness (QED) is 0.258. The molecule has 1 aromatic carbocycles. The number of rotatable bonds is 3. The number of pyridine rings is 1. The van der Waals surface area contributed by atoms with E-state index >= 15 is 0 Å². The molecular formula is C34H38F6N2O6. The summed E-state index contributed by atoms with van der Waals surface area (Å²) in [6.07, 6.45) is -4.34. The van der Waals surface area contributed by atoms with Crippen molar-refractivity contribution in [2.24, 2.45) is 23.7 Å². The van der Waals surface area contributed by atoms with E-state index in [2.05, 4.69) is 4.98 Å². The number of likely N-dealkylation sites (tertiary alicyclic amines) is 1. The summed E-state index contributed by atoms with van der Waals surface area (Å²) in [5, 5.41) is 11.3. The fourth-order valence-electron chi connectivity index (χ4n) is 9.85. The molecule has 0 radical (unpaired) electrons. The average Bonchev–Trinajstić information content (AvgIpc) is 3.40. The molecule has 48 heavy (non-hydrogen) atoms. The van der Waals surface area contributed by atoms with Gasteiger partial charge in [0.1, 0.15) is 17.9 Å². The van der Waals surface area contributed by atoms with Crippen LogP contribution in [0.4, 0.5) is 31.1 Å². The first-order valence-corrected chi connectivity index (χ1v) is 17.0. The molecule has 3 heterocycles. The lowest BCUT2D eigenvalue weighted by Crippen LogP contribution is -2.59. The van der Waals surface area contributed by atoms with Crippen LogP contribution in [0.3, 0.4) is 0 Å². The summed E-state index contributed by atoms with van der Waals surface area (Å²) in [4.78, 5) is 30.5. The fraction of sp³-hybridized carbons (Fsp3) is 0.706. The lowest BCUT2D eigenvalue weighted by atomic mass is 9.53. The van der Waals surface area contributed by atoms with Crippen LogP contribution >= 0.6 is 0 Å². The van der Waals surface area contributed by atoms with Gasteiger partial charge < -0.3 is 19.5 Å². The van der Waals surface area contributed by atoms with Crippen LogP contribution in [0.15, 0.2) is 24.3 Å². The van der Waals surface area contributed by atoms with Crippen molar-refractivity contribution < 1.29 is 55.5 Å². The number of aliphatic hydroxyl groups is 1. The predicted octanol–water partition coefficient (Wildman–Crippen LogP) is 8.07. The number of hydrogen-bond acceptors (Lipinski definition) is 7. The number of hydrogen-bond donors (Lipinski definition) is 1. The topological polar surface area (TPSA) is 90.4 Å². The Morgan fingerprint density at radius 1 is 0.958 bits per heavy atom. The van der Waals surface area contributed by atoms with Crippen molar-refractivity contribution in [3.05, 3.63) is 41.1 Å². The zero-order valence-corrected chi connectivity index (χ0v) is 26.2. The van der Waals surface area contributed by atoms with Gasteiger partial charge >= 0.3 is 18.4 Å². The average molecular weight is 685 g/mol. The van der Waals surface area contributed by atoms with Crippen molar-refractivity contribution in [2.45, 2.75) is 119 Å². The van der Waals surface area contributed by atoms with Gasteiger partial charge in [0.25, 0.3) is 0 Å². The third-order valence-corrected chi connectivity index (χ3v) is 11.8. The van der Waals surface area contributed by atoms with Gasteiger partial charge in [-0.2, -0.15) is 36.1 Å². The molecule has 14 heteroatoms. The Balaban J connectivity index is 1.02. The number of piperidine rings is 1. The molecule has 4 bridgehead atoms. The number of carbonyl (C=O) groups excluding carboxylic acids is 1. The van der Waals surface area contributed by atoms with Gasteiger partial charge in [0.2, 0.25) is 11.6 Å². The Labute approximate surface area is 273 Å². The third-order valence-electron chi connectivity index (χ3n) is 11.8. The van der Waals surface area contributed by atoms with Crippen molar-refractivity contribution >= 4 is 17.0 Å². The molecule has 8 nitrogen and oxygen atoms in total. The molecule has 5 saturated carbocycles. The summed E-state index contributed by atoms with van der Waals surface area (Å²) in [5.74, 6) is 0.0930. The molecule has 5 aliphatic carbocycles. The van der Waals surface area contributed by atoms with Crippen LogP contribution in [-0.4, -0.2) is 51.3 Å². The standard InChI is InChI=1S/C34H38F6N2O6/c35-33(36,37)25-7-3-6-23-24(16-27(34(38,39)40)41-28(23)25)29(43)26-8-1-2-10-42(26)30(44)45-22-5-4-9-31(17-22)46-32(48-47-31)20-12-18-11-19(14-20)15-21(32)13-18/h3,6-7,16,18-22,26,29,43H,1-2,4-5,8-15,17H2/t18?,19?,20?,21?,22?,26?,29-,31?,32?/m0/s1. The molecule has 2 spiro atoms. The molecule has 4 atom stereocenters. The normalized spacial score (nSPS) is 37.1. The Morgan fingerprint density at radius 3 is 2.38 bits per heavy atom. The van der Waals surface area contributed by atoms with Crippen molar-refractivity contribution in [2.75, 3.05) is 6.54 Å². The SMILES string of the molecule is O=C(OC1CCCC2(C1)OOC1(O2)C2CC3CC(C2)CC1C3)N1CCCCC1[C@@H](O)c1cc(C(F)(F)F)nc2c(C(F)(F)F)cccc12. The first-order chi connectivity index (χ1) is 22.7. The van der Waals surface area contributed by atoms with Gasteiger partial charge in [-0.15, -0.1) is 0 Å². The molecule has 3 unspecified atom stereocenters. The molecule has 9 rings (SSSR count). The molecule has 1 aromatic heterocycles. The van der Waals surface area contributed by atoms with Gasteiger partial charge in [-0.1, -0.05) is 12.1 Å². The maximum Gasteiger partial charge on any atom is 0.433 e. The molecule has 2 aliphatic heterocycles. The molecular weight excluding hydrogens is 646 g/mol. The highest BCUT2D eigenvalue weighted by Gasteiger charge is 2.67. The van der Waals surface area contributed by atoms with E-state index in [1.807, 2.05) is 0 Å². The Bertz CT molecular complexity index is 1560. The lowest BCUT2D eigenvalue weighted by molar-refractivity contribution is -0.390. The Morgan fingerprint density at radius 2 is 1.69 bits per heavy atom. The molecule has 262 valence electrons. The second-order valence-electron chi connectivity index (χ2n) is 14.8. The van der Waals surface area contributed by atoms with Crippen molar-refractivity contribution in [3.63, 3.8) is 0 Å². The summed E-state index contributed by atoms with van der Waals surface area (Å²) in [6, 6.07) is 2.45. The second-order valence-corrected chi connectivity index (χ2v) is 14.8. The monoisotopic (exact) mass is 684 g/mol. The van der Waals surface area contributed by atoms with Gasteiger partial charge in [-0.25, -0.2) is 9.78 Å². The van der Waals surface area contributed by atoms with E-state index in [1.54, 1.807) is 0 Å². The Kier molecular flexibility index (Phi) is 7.74. The number of nitrogens with zero attached hydrogens (tertiary/aromatic N) is 2. The van der Waals surface area contributed by atoms with Crippen LogP contribution < -0.4 is 0 Å². The number of benzene rings is 1. The van der Waals surface area contributed by atoms with Gasteiger partial charge in [-0.05, 0) is 93.7 Å². The number of ether oxygens (including phenoxy) is 2. The van der Waals surface area contributed by atoms with E-state index in [4.69, 9.17) is 19.2 Å². The highest BCUT2D eigenvalue weighted by molar-refractivity contribution is 5.86. The fourth-order valence-corrected chi connectivity index (χ4v) is 9.85. The first-order valence-electron chi connectivity index (χ1n) is 17.0. The molecule has 2 aromatic rings. The van der Waals surface area contributed by atoms with Crippen LogP contribution in [0.25, 0.3) is 10.9 Å². The molecule has 1 amide bonds. The number of aliphatic hydroxyl groups excluding tert-OH is 1. The summed E-state index contributed by atoms with van der Waals surface area (Å²) in [5.41, 5.74) is -4.21. The minimum Gasteiger partial charge on any atom is -0.446 e. The third kappa shape index (κ3) is 5.45. The summed E-state index contributed by atoms with van der Waals surface area (Å²) in [6.45, 7) is 0.159. The molecule has 7 aliphatic rings. The Hall–Kier alpha value is -2.68. The van der Waals surface area contributed by atoms with Gasteiger partial charge in [0.15, 0.2) is 0 Å². The molecule has 2 saturated heterocycles. The zero-order chi connectivity index (χ0) is 33.6. The number of halogens is 6. The first kappa shape index (κ1) is 32.5. The highest BCUT2D eigenvalue weighted by Crippen LogP contribution is 2.64. The van der Waals surface area contributed by atoms with E-state index in [1.165, 1.54) is 17.4 Å². The number of aromatic nitrogens is 1. The maximum absolute atomic E-state index is 13.9. The van der Waals surface area contributed by atoms with E-state index in [0.29, 0.717) is 56.1 Å². The van der Waals surface area contributed by atoms with Crippen molar-refractivity contribution in [1.29, 1.82) is 0 Å². The second kappa shape index (κ2) is 11.4. The number of carbonyl (C=O) groups is 1. The van der Waals surface area contributed by atoms with Crippen LogP contribution in [0.5, 0.6) is 0 Å². The molecule has 1 N–H and O–H groups in total. The predicted molar refractivity (Wildman–Crippen MR) is 156 cm³/mol. The summed E-state index contributed by atoms with van der Waals surface area (Å²) >= 11 is 0. The lowest BCUT2D eigenvalue weighted by Gasteiger charge is -2.57. The minimum atomic E-state index is -5.08. The smallest absolute Gasteiger partial charge is 0.433 e. The number of alkyl halides is 6. The van der Waals surface area contributed by atoms with Crippen molar-refractivity contribution in [1.82, 2.24) is 9.88 Å². The van der Waals surface area contributed by atoms with Gasteiger partial charge in [0, 0.05) is 36.6 Å². The van der Waals surface area contributed by atoms with Crippen LogP contribution in [-0.2, 0) is 31.6 Å². The number of amides is 1. The van der Waals surface area contributed by atoms with Crippen LogP contribution in [0.2, 0.25) is 0 Å². The van der Waals surface area contributed by atoms with E-state index in [0.717, 1.165) is 31.7 Å². The summed E-state index contributed by atoms with van der Waals surface area (Å²) < 4.78 is 95.9. The minimum absolute atomic E-state index is 0.159. The summed E-state index contributed by atoms with van der Waals surface area (Å²) in [7, 11) is 0. The largest absolute Gasteiger partial charge is 0.446 e. The van der Waals surface area contributed by atoms with E-state index in [-0.39, 0.29) is 42.2 Å². The van der Waals surface area contributed by atoms with Crippen LogP contribution in [0.1, 0.15) is 100.0 Å². The number of fused-ring (bicyclic) bond motifs is 1. The molecule has 7 fully saturated rings. The van der Waals surface area contributed by atoms with Gasteiger partial charge in [0.05, 0.1) is 17.1 Å². The van der Waals surface area contributed by atoms with Crippen LogP contribution in [0, 0.1) is 23.7 Å². The van der Waals surface area contributed by atoms with Gasteiger partial charge in [-0.3, -0.25) is 0 Å². The number of para-hydroxylation sites is 1.